The minimum absolute atomic E-state index is 0. The fraction of sp³-hybridized carbons (Fsp3) is 0.294. The maximum absolute atomic E-state index is 5.58. The summed E-state index contributed by atoms with van der Waals surface area (Å²) >= 11 is 16.6. The zero-order valence-corrected chi connectivity index (χ0v) is 21.8. The first-order valence-corrected chi connectivity index (χ1v) is 8.68. The number of rotatable bonds is 0. The Bertz CT molecular complexity index is 810. The van der Waals surface area contributed by atoms with Gasteiger partial charge in [0.15, 0.2) is 0 Å². The molecule has 33 heavy (non-hydrogen) atoms. The van der Waals surface area contributed by atoms with E-state index in [9.17, 15) is 0 Å². The van der Waals surface area contributed by atoms with Crippen molar-refractivity contribution in [2.75, 3.05) is 11.5 Å². The summed E-state index contributed by atoms with van der Waals surface area (Å²) < 4.78 is 0. The van der Waals surface area contributed by atoms with Crippen LogP contribution in [0.15, 0.2) is 18.6 Å². The second-order valence-electron chi connectivity index (χ2n) is 5.31. The van der Waals surface area contributed by atoms with Gasteiger partial charge in [0, 0.05) is 149 Å². The number of hydrogen-bond donors (Lipinski definition) is 3. The number of aromatic nitrogens is 6. The third-order valence-corrected chi connectivity index (χ3v) is 4.00. The van der Waals surface area contributed by atoms with Crippen LogP contribution in [0.2, 0.25) is 15.6 Å². The zero-order chi connectivity index (χ0) is 20.6. The van der Waals surface area contributed by atoms with Crippen molar-refractivity contribution in [3.05, 3.63) is 56.6 Å². The predicted molar refractivity (Wildman–Crippen MR) is 123 cm³/mol. The molecule has 0 spiro atoms. The second kappa shape index (κ2) is 25.0. The van der Waals surface area contributed by atoms with E-state index in [4.69, 9.17) is 46.3 Å². The Morgan fingerprint density at radius 2 is 1.00 bits per heavy atom. The second-order valence-corrected chi connectivity index (χ2v) is 6.37. The molecule has 0 fully saturated rings. The van der Waals surface area contributed by atoms with Crippen molar-refractivity contribution in [3.8, 4) is 0 Å². The van der Waals surface area contributed by atoms with E-state index in [1.54, 1.807) is 18.6 Å². The summed E-state index contributed by atoms with van der Waals surface area (Å²) in [6.45, 7) is 7.50. The first kappa shape index (κ1) is 47.6. The van der Waals surface area contributed by atoms with Gasteiger partial charge in [-0.2, -0.15) is 0 Å². The van der Waals surface area contributed by atoms with Gasteiger partial charge in [-0.15, -0.1) is 0 Å². The molecule has 0 aromatic carbocycles. The van der Waals surface area contributed by atoms with Crippen LogP contribution in [0.25, 0.3) is 0 Å². The molecule has 0 aliphatic heterocycles. The molecule has 0 atom stereocenters. The van der Waals surface area contributed by atoms with Gasteiger partial charge in [-0.3, -0.25) is 4.70 Å². The van der Waals surface area contributed by atoms with E-state index >= 15 is 0 Å². The van der Waals surface area contributed by atoms with E-state index in [1.807, 2.05) is 27.7 Å². The van der Waals surface area contributed by atoms with Crippen molar-refractivity contribution in [2.45, 2.75) is 35.1 Å². The molecule has 0 saturated carbocycles. The molecule has 0 aliphatic carbocycles. The van der Waals surface area contributed by atoms with Gasteiger partial charge < -0.3 is 17.6 Å². The van der Waals surface area contributed by atoms with Crippen LogP contribution in [0.3, 0.4) is 0 Å². The molecule has 7 N–H and O–H groups in total. The number of nitrogens with two attached hydrogens (primary N) is 2. The van der Waals surface area contributed by atoms with E-state index in [2.05, 4.69) is 29.9 Å². The molecule has 192 valence electrons. The van der Waals surface area contributed by atoms with E-state index in [0.29, 0.717) is 16.3 Å². The summed E-state index contributed by atoms with van der Waals surface area (Å²) in [5.74, 6) is 0.559. The maximum Gasteiger partial charge on any atom is 0.223 e. The maximum atomic E-state index is 5.58. The van der Waals surface area contributed by atoms with Crippen LogP contribution < -0.4 is 17.6 Å². The van der Waals surface area contributed by atoms with Crippen LogP contribution in [-0.4, -0.2) is 29.9 Å². The smallest absolute Gasteiger partial charge is 0.223 e. The van der Waals surface area contributed by atoms with Gasteiger partial charge in [-0.1, -0.05) is 30.6 Å². The van der Waals surface area contributed by atoms with Crippen molar-refractivity contribution in [1.29, 1.82) is 0 Å². The number of anilines is 2. The van der Waals surface area contributed by atoms with Gasteiger partial charge in [0.1, 0.15) is 10.3 Å². The van der Waals surface area contributed by atoms with Gasteiger partial charge in [-0.25, -0.2) is 29.9 Å². The number of aryl methyl sites for hydroxylation is 4. The van der Waals surface area contributed by atoms with Gasteiger partial charge in [0.05, 0.1) is 0 Å². The average Bonchev–Trinajstić information content (AvgIpc) is 2.60. The molecule has 0 radical (unpaired) electrons. The Kier molecular flexibility index (Phi) is 36.1. The van der Waals surface area contributed by atoms with Crippen LogP contribution in [0.1, 0.15) is 29.8 Å². The van der Waals surface area contributed by atoms with E-state index in [-0.39, 0.29) is 143 Å². The molecule has 0 unspecified atom stereocenters. The molecular weight excluding hydrogens is 575 g/mol. The first-order valence-electron chi connectivity index (χ1n) is 7.55. The van der Waals surface area contributed by atoms with Gasteiger partial charge >= 0.3 is 0 Å². The van der Waals surface area contributed by atoms with Crippen LogP contribution in [0.4, 0.5) is 16.6 Å². The topological polar surface area (TPSA) is 164 Å². The minimum Gasteiger partial charge on any atom is -0.368 e. The molecule has 3 aromatic heterocycles. The molecule has 3 heterocycles. The summed E-state index contributed by atoms with van der Waals surface area (Å²) in [6.07, 6.45) is 4.89. The number of hydrogen-bond acceptors (Lipinski definition) is 9. The van der Waals surface area contributed by atoms with Crippen molar-refractivity contribution in [1.82, 2.24) is 36.1 Å². The normalized spacial score (nSPS) is 7.85. The molecule has 0 bridgehead atoms. The van der Waals surface area contributed by atoms with Crippen molar-refractivity contribution >= 4 is 46.7 Å². The Balaban J connectivity index is -0.0000000759. The van der Waals surface area contributed by atoms with Crippen LogP contribution in [0, 0.1) is 141 Å². The van der Waals surface area contributed by atoms with E-state index in [0.717, 1.165) is 22.4 Å². The Labute approximate surface area is 299 Å². The van der Waals surface area contributed by atoms with Crippen molar-refractivity contribution < 1.29 is 118 Å². The number of nitrogen functional groups attached to an aromatic ring is 2. The molecule has 9 nitrogen and oxygen atoms in total. The molecule has 0 aliphatic rings. The quantitative estimate of drug-likeness (QED) is 0.243. The third kappa shape index (κ3) is 20.2. The van der Waals surface area contributed by atoms with Crippen molar-refractivity contribution in [2.24, 2.45) is 0 Å². The summed E-state index contributed by atoms with van der Waals surface area (Å²) in [7, 11) is 0. The molecule has 3 rings (SSSR count). The summed E-state index contributed by atoms with van der Waals surface area (Å²) in [4.78, 5) is 22.6. The summed E-state index contributed by atoms with van der Waals surface area (Å²) in [6, 6.07) is 0. The van der Waals surface area contributed by atoms with E-state index < -0.39 is 0 Å². The fourth-order valence-corrected chi connectivity index (χ4v) is 1.82. The Morgan fingerprint density at radius 1 is 0.636 bits per heavy atom. The van der Waals surface area contributed by atoms with E-state index in [1.165, 1.54) is 0 Å². The Morgan fingerprint density at radius 3 is 1.30 bits per heavy atom. The van der Waals surface area contributed by atoms with Crippen molar-refractivity contribution in [3.63, 3.8) is 0 Å². The minimum atomic E-state index is 0. The van der Waals surface area contributed by atoms with Gasteiger partial charge in [0.25, 0.3) is 0 Å². The average molecular weight is 603 g/mol. The molecule has 3 aromatic rings. The fourth-order valence-electron chi connectivity index (χ4n) is 1.38. The van der Waals surface area contributed by atoms with Crippen LogP contribution >= 0.6 is 34.8 Å². The Hall–Kier alpha value is 1.38. The van der Waals surface area contributed by atoms with Crippen LogP contribution in [-0.2, 0) is 0 Å². The van der Waals surface area contributed by atoms with Gasteiger partial charge in [0.2, 0.25) is 17.2 Å². The summed E-state index contributed by atoms with van der Waals surface area (Å²) in [5, 5.41) is 1.02. The number of nitrogens with zero attached hydrogens (tertiary/aromatic N) is 6. The zero-order valence-electron chi connectivity index (χ0n) is 17.4. The largest absolute Gasteiger partial charge is 0.368 e. The molecule has 0 saturated heterocycles. The standard InChI is InChI=1S/C6H9N3.C5H4Cl2N2.C5H6ClN3.CH4.3Ar.FH.H3N/c1-4-3-8-6(7)9-5(4)2;2*1-3-2-8-5(7)9-4(3)6;;;;;;/h3H,1-2H3,(H2,7,8,9);2H,1H3;2H,1H3,(H2,7,8,9);1H4;;;;1H;1H3. The van der Waals surface area contributed by atoms with Crippen LogP contribution in [0.5, 0.6) is 0 Å². The monoisotopic (exact) mass is 601 g/mol. The SMILES string of the molecule is C.Cc1cnc(Cl)nc1Cl.Cc1cnc(N)nc1C.Cc1cnc(N)nc1Cl.F.N.[Ar].[Ar].[Ar]. The summed E-state index contributed by atoms with van der Waals surface area (Å²) in [5.41, 5.74) is 14.2. The first-order chi connectivity index (χ1) is 12.6. The predicted octanol–water partition coefficient (Wildman–Crippen LogP) is 4.74. The molecule has 0 amide bonds. The molecule has 16 heteroatoms. The van der Waals surface area contributed by atoms with Gasteiger partial charge in [-0.05, 0) is 44.9 Å². The third-order valence-electron chi connectivity index (χ3n) is 3.05. The molecular formula is C17H27Ar3Cl3FN9. The number of halogens is 4.